The van der Waals surface area contributed by atoms with Crippen LogP contribution in [0.5, 0.6) is 0 Å². The molecule has 0 N–H and O–H groups in total. The molecule has 0 bridgehead atoms. The lowest BCUT2D eigenvalue weighted by Crippen LogP contribution is -2.11. The molecule has 0 amide bonds. The molecule has 0 spiro atoms. The van der Waals surface area contributed by atoms with Gasteiger partial charge in [-0.05, 0) is 58.3 Å². The zero-order chi connectivity index (χ0) is 11.9. The highest BCUT2D eigenvalue weighted by Crippen LogP contribution is 2.51. The van der Waals surface area contributed by atoms with Gasteiger partial charge in [-0.25, -0.2) is 0 Å². The molecule has 1 aliphatic heterocycles. The van der Waals surface area contributed by atoms with Crippen molar-refractivity contribution in [3.05, 3.63) is 43.7 Å². The lowest BCUT2D eigenvalue weighted by molar-refractivity contribution is 0.737. The fraction of sp³-hybridized carbons (Fsp3) is 0.231. The Morgan fingerprint density at radius 1 is 1.29 bits per heavy atom. The second-order valence-electron chi connectivity index (χ2n) is 4.19. The zero-order valence-corrected chi connectivity index (χ0v) is 13.3. The predicted octanol–water partition coefficient (Wildman–Crippen LogP) is 6.10. The molecule has 1 unspecified atom stereocenters. The SMILES string of the molecule is CC1(c2sccc2-c2ccc(Br)s2)CC=CS1. The van der Waals surface area contributed by atoms with Crippen molar-refractivity contribution in [1.29, 1.82) is 0 Å². The van der Waals surface area contributed by atoms with Crippen molar-refractivity contribution in [3.8, 4) is 10.4 Å². The van der Waals surface area contributed by atoms with Crippen molar-refractivity contribution in [1.82, 2.24) is 0 Å². The van der Waals surface area contributed by atoms with Gasteiger partial charge in [-0.1, -0.05) is 6.08 Å². The van der Waals surface area contributed by atoms with Crippen molar-refractivity contribution < 1.29 is 0 Å². The number of hydrogen-bond donors (Lipinski definition) is 0. The van der Waals surface area contributed by atoms with Crippen molar-refractivity contribution in [2.45, 2.75) is 18.1 Å². The van der Waals surface area contributed by atoms with E-state index in [4.69, 9.17) is 0 Å². The van der Waals surface area contributed by atoms with Crippen LogP contribution in [0.2, 0.25) is 0 Å². The molecule has 0 saturated heterocycles. The topological polar surface area (TPSA) is 0 Å². The number of rotatable bonds is 2. The Labute approximate surface area is 122 Å². The molecule has 17 heavy (non-hydrogen) atoms. The minimum atomic E-state index is 0.236. The van der Waals surface area contributed by atoms with E-state index in [9.17, 15) is 0 Å². The summed E-state index contributed by atoms with van der Waals surface area (Å²) in [4.78, 5) is 2.86. The van der Waals surface area contributed by atoms with Crippen LogP contribution in [0.4, 0.5) is 0 Å². The van der Waals surface area contributed by atoms with Crippen molar-refractivity contribution >= 4 is 50.4 Å². The minimum Gasteiger partial charge on any atom is -0.147 e. The fourth-order valence-corrected chi connectivity index (χ4v) is 5.69. The molecule has 2 aromatic rings. The van der Waals surface area contributed by atoms with Crippen LogP contribution in [-0.4, -0.2) is 0 Å². The van der Waals surface area contributed by atoms with Crippen LogP contribution < -0.4 is 0 Å². The molecule has 0 aliphatic carbocycles. The van der Waals surface area contributed by atoms with Crippen LogP contribution in [-0.2, 0) is 4.75 Å². The van der Waals surface area contributed by atoms with Gasteiger partial charge in [0, 0.05) is 15.3 Å². The zero-order valence-electron chi connectivity index (χ0n) is 9.27. The van der Waals surface area contributed by atoms with Crippen molar-refractivity contribution in [2.75, 3.05) is 0 Å². The van der Waals surface area contributed by atoms with Gasteiger partial charge in [0.15, 0.2) is 0 Å². The lowest BCUT2D eigenvalue weighted by Gasteiger charge is -2.22. The summed E-state index contributed by atoms with van der Waals surface area (Å²) in [6.07, 6.45) is 3.41. The molecule has 0 nitrogen and oxygen atoms in total. The van der Waals surface area contributed by atoms with Crippen LogP contribution in [0.15, 0.2) is 38.8 Å². The van der Waals surface area contributed by atoms with Gasteiger partial charge in [-0.2, -0.15) is 0 Å². The lowest BCUT2D eigenvalue weighted by atomic mass is 10.0. The molecule has 3 rings (SSSR count). The van der Waals surface area contributed by atoms with E-state index in [-0.39, 0.29) is 4.75 Å². The smallest absolute Gasteiger partial charge is 0.0705 e. The summed E-state index contributed by atoms with van der Waals surface area (Å²) < 4.78 is 1.44. The van der Waals surface area contributed by atoms with Gasteiger partial charge < -0.3 is 0 Å². The summed E-state index contributed by atoms with van der Waals surface area (Å²) >= 11 is 9.18. The summed E-state index contributed by atoms with van der Waals surface area (Å²) in [5, 5.41) is 4.44. The maximum Gasteiger partial charge on any atom is 0.0705 e. The van der Waals surface area contributed by atoms with Gasteiger partial charge in [0.2, 0.25) is 0 Å². The van der Waals surface area contributed by atoms with Gasteiger partial charge in [-0.3, -0.25) is 0 Å². The Kier molecular flexibility index (Phi) is 3.24. The number of halogens is 1. The third-order valence-corrected chi connectivity index (χ3v) is 7.10. The normalized spacial score (nSPS) is 23.4. The molecule has 2 aromatic heterocycles. The molecule has 1 aliphatic rings. The highest BCUT2D eigenvalue weighted by atomic mass is 79.9. The third-order valence-electron chi connectivity index (χ3n) is 2.92. The summed E-state index contributed by atoms with van der Waals surface area (Å²) in [5.74, 6) is 0. The van der Waals surface area contributed by atoms with E-state index >= 15 is 0 Å². The van der Waals surface area contributed by atoms with E-state index in [2.05, 4.69) is 57.9 Å². The van der Waals surface area contributed by atoms with E-state index in [0.717, 1.165) is 6.42 Å². The maximum absolute atomic E-state index is 3.54. The standard InChI is InChI=1S/C13H11BrS3/c1-13(6-2-7-16-13)12-9(5-8-15-12)10-3-4-11(14)17-10/h2-5,7-8H,6H2,1H3. The molecular weight excluding hydrogens is 332 g/mol. The molecule has 1 atom stereocenters. The Morgan fingerprint density at radius 3 is 2.82 bits per heavy atom. The summed E-state index contributed by atoms with van der Waals surface area (Å²) in [6.45, 7) is 2.34. The van der Waals surface area contributed by atoms with E-state index in [1.54, 1.807) is 0 Å². The average molecular weight is 343 g/mol. The molecule has 4 heteroatoms. The van der Waals surface area contributed by atoms with E-state index < -0.39 is 0 Å². The average Bonchev–Trinajstić information content (AvgIpc) is 2.96. The maximum atomic E-state index is 3.54. The largest absolute Gasteiger partial charge is 0.147 e. The number of allylic oxidation sites excluding steroid dienone is 1. The summed E-state index contributed by atoms with van der Waals surface area (Å²) in [5.41, 5.74) is 1.41. The van der Waals surface area contributed by atoms with Gasteiger partial charge in [0.25, 0.3) is 0 Å². The second-order valence-corrected chi connectivity index (χ2v) is 8.98. The van der Waals surface area contributed by atoms with E-state index in [1.807, 2.05) is 34.4 Å². The Balaban J connectivity index is 2.05. The highest BCUT2D eigenvalue weighted by molar-refractivity contribution is 9.11. The number of hydrogen-bond acceptors (Lipinski definition) is 3. The summed E-state index contributed by atoms with van der Waals surface area (Å²) in [7, 11) is 0. The molecule has 88 valence electrons. The first-order chi connectivity index (χ1) is 8.19. The second kappa shape index (κ2) is 4.57. The Hall–Kier alpha value is -0.0300. The number of thiophene rings is 2. The first kappa shape index (κ1) is 12.0. The first-order valence-corrected chi connectivity index (χ1v) is 8.72. The monoisotopic (exact) mass is 342 g/mol. The van der Waals surface area contributed by atoms with Crippen molar-refractivity contribution in [3.63, 3.8) is 0 Å². The van der Waals surface area contributed by atoms with Gasteiger partial charge in [0.1, 0.15) is 0 Å². The van der Waals surface area contributed by atoms with Crippen LogP contribution in [0.1, 0.15) is 18.2 Å². The third kappa shape index (κ3) is 2.16. The van der Waals surface area contributed by atoms with Crippen LogP contribution in [0.3, 0.4) is 0 Å². The first-order valence-electron chi connectivity index (χ1n) is 5.35. The summed E-state index contributed by atoms with van der Waals surface area (Å²) in [6, 6.07) is 6.59. The van der Waals surface area contributed by atoms with Crippen LogP contribution in [0.25, 0.3) is 10.4 Å². The van der Waals surface area contributed by atoms with Gasteiger partial charge >= 0.3 is 0 Å². The molecule has 0 fully saturated rings. The predicted molar refractivity (Wildman–Crippen MR) is 84.0 cm³/mol. The molecule has 0 saturated carbocycles. The minimum absolute atomic E-state index is 0.236. The van der Waals surface area contributed by atoms with E-state index in [1.165, 1.54) is 19.1 Å². The molecule has 0 radical (unpaired) electrons. The Morgan fingerprint density at radius 2 is 2.18 bits per heavy atom. The Bertz CT molecular complexity index is 557. The quantitative estimate of drug-likeness (QED) is 0.634. The fourth-order valence-electron chi connectivity index (χ4n) is 2.04. The van der Waals surface area contributed by atoms with Crippen molar-refractivity contribution in [2.24, 2.45) is 0 Å². The van der Waals surface area contributed by atoms with Crippen LogP contribution >= 0.6 is 50.4 Å². The van der Waals surface area contributed by atoms with E-state index in [0.29, 0.717) is 0 Å². The number of thioether (sulfide) groups is 1. The molecule has 3 heterocycles. The van der Waals surface area contributed by atoms with Crippen LogP contribution in [0, 0.1) is 0 Å². The molecular formula is C13H11BrS3. The van der Waals surface area contributed by atoms with Gasteiger partial charge in [0.05, 0.1) is 8.53 Å². The highest BCUT2D eigenvalue weighted by Gasteiger charge is 2.32. The van der Waals surface area contributed by atoms with Gasteiger partial charge in [-0.15, -0.1) is 34.4 Å². The molecule has 0 aromatic carbocycles.